The second-order valence-corrected chi connectivity index (χ2v) is 3.83. The lowest BCUT2D eigenvalue weighted by atomic mass is 10.2. The van der Waals surface area contributed by atoms with E-state index in [4.69, 9.17) is 9.84 Å². The number of aromatic nitrogens is 2. The summed E-state index contributed by atoms with van der Waals surface area (Å²) in [5, 5.41) is 18.3. The lowest BCUT2D eigenvalue weighted by Crippen LogP contribution is -2.33. The molecule has 7 nitrogen and oxygen atoms in total. The SMILES string of the molecule is Cc1cn([C@H]2C[C@H](O)C(=CO)O2)c(=O)[nH]c1=O. The Morgan fingerprint density at radius 2 is 2.29 bits per heavy atom. The highest BCUT2D eigenvalue weighted by Gasteiger charge is 2.31. The number of aromatic amines is 1. The molecule has 0 bridgehead atoms. The number of hydrogen-bond donors (Lipinski definition) is 3. The number of nitrogens with zero attached hydrogens (tertiary/aromatic N) is 1. The second-order valence-electron chi connectivity index (χ2n) is 3.83. The van der Waals surface area contributed by atoms with E-state index >= 15 is 0 Å². The molecule has 2 heterocycles. The zero-order valence-corrected chi connectivity index (χ0v) is 9.08. The minimum atomic E-state index is -0.955. The second kappa shape index (κ2) is 4.10. The first-order chi connectivity index (χ1) is 8.02. The van der Waals surface area contributed by atoms with Crippen molar-refractivity contribution in [2.75, 3.05) is 0 Å². The molecule has 7 heteroatoms. The minimum absolute atomic E-state index is 0.00533. The number of nitrogens with one attached hydrogen (secondary N) is 1. The molecular formula is C10H12N2O5. The average molecular weight is 240 g/mol. The number of aryl methyl sites for hydroxylation is 1. The molecule has 3 N–H and O–H groups in total. The predicted octanol–water partition coefficient (Wildman–Crippen LogP) is -0.476. The first kappa shape index (κ1) is 11.5. The lowest BCUT2D eigenvalue weighted by Gasteiger charge is -2.13. The van der Waals surface area contributed by atoms with Crippen molar-refractivity contribution in [1.82, 2.24) is 9.55 Å². The van der Waals surface area contributed by atoms with Crippen LogP contribution in [0, 0.1) is 6.92 Å². The molecule has 0 spiro atoms. The zero-order chi connectivity index (χ0) is 12.6. The summed E-state index contributed by atoms with van der Waals surface area (Å²) in [6.45, 7) is 1.56. The number of rotatable bonds is 1. The van der Waals surface area contributed by atoms with E-state index in [1.165, 1.54) is 10.8 Å². The summed E-state index contributed by atoms with van der Waals surface area (Å²) in [6.07, 6.45) is 0.473. The number of aliphatic hydroxyl groups is 2. The van der Waals surface area contributed by atoms with Crippen molar-refractivity contribution in [2.24, 2.45) is 0 Å². The summed E-state index contributed by atoms with van der Waals surface area (Å²) in [5.41, 5.74) is -0.705. The Morgan fingerprint density at radius 1 is 1.59 bits per heavy atom. The van der Waals surface area contributed by atoms with Gasteiger partial charge < -0.3 is 14.9 Å². The third kappa shape index (κ3) is 1.96. The summed E-state index contributed by atoms with van der Waals surface area (Å²) in [4.78, 5) is 24.9. The van der Waals surface area contributed by atoms with Crippen LogP contribution in [0.3, 0.4) is 0 Å². The average Bonchev–Trinajstić information content (AvgIpc) is 2.65. The van der Waals surface area contributed by atoms with E-state index < -0.39 is 23.6 Å². The summed E-state index contributed by atoms with van der Waals surface area (Å²) in [6, 6.07) is 0. The zero-order valence-electron chi connectivity index (χ0n) is 9.08. The van der Waals surface area contributed by atoms with Gasteiger partial charge in [0.2, 0.25) is 0 Å². The van der Waals surface area contributed by atoms with Gasteiger partial charge in [-0.25, -0.2) is 4.79 Å². The lowest BCUT2D eigenvalue weighted by molar-refractivity contribution is 0.0875. The topological polar surface area (TPSA) is 105 Å². The fourth-order valence-electron chi connectivity index (χ4n) is 1.68. The van der Waals surface area contributed by atoms with Crippen LogP contribution in [0.25, 0.3) is 0 Å². The van der Waals surface area contributed by atoms with Crippen LogP contribution >= 0.6 is 0 Å². The molecule has 2 atom stereocenters. The molecule has 1 aromatic rings. The summed E-state index contributed by atoms with van der Waals surface area (Å²) in [5.74, 6) is 0.00533. The maximum absolute atomic E-state index is 11.5. The van der Waals surface area contributed by atoms with E-state index in [1.54, 1.807) is 6.92 Å². The van der Waals surface area contributed by atoms with E-state index in [9.17, 15) is 14.7 Å². The van der Waals surface area contributed by atoms with Crippen LogP contribution in [0.4, 0.5) is 0 Å². The summed E-state index contributed by atoms with van der Waals surface area (Å²) in [7, 11) is 0. The molecule has 1 aliphatic heterocycles. The van der Waals surface area contributed by atoms with Crippen molar-refractivity contribution < 1.29 is 14.9 Å². The molecule has 0 saturated carbocycles. The van der Waals surface area contributed by atoms with Gasteiger partial charge in [0.25, 0.3) is 5.56 Å². The standard InChI is InChI=1S/C10H12N2O5/c1-5-3-12(10(16)11-9(5)15)8-2-6(14)7(4-13)17-8/h3-4,6,8,13-14H,2H2,1H3,(H,11,15,16)/t6-,8+/m0/s1. The van der Waals surface area contributed by atoms with Crippen LogP contribution < -0.4 is 11.2 Å². The maximum atomic E-state index is 11.5. The van der Waals surface area contributed by atoms with Crippen molar-refractivity contribution in [1.29, 1.82) is 0 Å². The van der Waals surface area contributed by atoms with Gasteiger partial charge in [-0.05, 0) is 6.92 Å². The largest absolute Gasteiger partial charge is 0.512 e. The van der Waals surface area contributed by atoms with Crippen LogP contribution in [0.1, 0.15) is 18.2 Å². The Bertz CT molecular complexity index is 571. The first-order valence-electron chi connectivity index (χ1n) is 5.04. The van der Waals surface area contributed by atoms with Gasteiger partial charge in [-0.15, -0.1) is 0 Å². The Morgan fingerprint density at radius 3 is 2.88 bits per heavy atom. The van der Waals surface area contributed by atoms with Crippen LogP contribution in [-0.4, -0.2) is 25.9 Å². The number of ether oxygens (including phenoxy) is 1. The van der Waals surface area contributed by atoms with Crippen LogP contribution in [0.15, 0.2) is 27.8 Å². The van der Waals surface area contributed by atoms with Crippen LogP contribution in [-0.2, 0) is 4.74 Å². The molecule has 0 aliphatic carbocycles. The summed E-state index contributed by atoms with van der Waals surface area (Å²) < 4.78 is 6.36. The van der Waals surface area contributed by atoms with Crippen molar-refractivity contribution in [2.45, 2.75) is 25.7 Å². The normalized spacial score (nSPS) is 26.1. The quantitative estimate of drug-likeness (QED) is 0.575. The van der Waals surface area contributed by atoms with E-state index in [2.05, 4.69) is 4.98 Å². The molecule has 2 rings (SSSR count). The fraction of sp³-hybridized carbons (Fsp3) is 0.400. The van der Waals surface area contributed by atoms with Crippen LogP contribution in [0.2, 0.25) is 0 Å². The monoisotopic (exact) mass is 240 g/mol. The van der Waals surface area contributed by atoms with Gasteiger partial charge in [-0.1, -0.05) is 0 Å². The smallest absolute Gasteiger partial charge is 0.331 e. The van der Waals surface area contributed by atoms with E-state index in [0.717, 1.165) is 0 Å². The molecule has 1 saturated heterocycles. The molecule has 1 aliphatic rings. The highest BCUT2D eigenvalue weighted by atomic mass is 16.5. The Hall–Kier alpha value is -2.02. The number of H-pyrrole nitrogens is 1. The van der Waals surface area contributed by atoms with E-state index in [1.807, 2.05) is 0 Å². The van der Waals surface area contributed by atoms with E-state index in [-0.39, 0.29) is 12.2 Å². The molecular weight excluding hydrogens is 228 g/mol. The predicted molar refractivity (Wildman–Crippen MR) is 57.5 cm³/mol. The van der Waals surface area contributed by atoms with Gasteiger partial charge in [0.15, 0.2) is 12.0 Å². The third-order valence-electron chi connectivity index (χ3n) is 2.61. The molecule has 1 aromatic heterocycles. The van der Waals surface area contributed by atoms with Gasteiger partial charge in [-0.3, -0.25) is 14.3 Å². The van der Waals surface area contributed by atoms with Crippen molar-refractivity contribution in [3.63, 3.8) is 0 Å². The molecule has 0 aromatic carbocycles. The van der Waals surface area contributed by atoms with Crippen molar-refractivity contribution in [3.8, 4) is 0 Å². The molecule has 17 heavy (non-hydrogen) atoms. The summed E-state index contributed by atoms with van der Waals surface area (Å²) >= 11 is 0. The highest BCUT2D eigenvalue weighted by Crippen LogP contribution is 2.29. The minimum Gasteiger partial charge on any atom is -0.512 e. The molecule has 0 amide bonds. The molecule has 0 radical (unpaired) electrons. The van der Waals surface area contributed by atoms with Crippen LogP contribution in [0.5, 0.6) is 0 Å². The Balaban J connectivity index is 2.40. The Kier molecular flexibility index (Phi) is 2.76. The Labute approximate surface area is 95.6 Å². The molecule has 0 unspecified atom stereocenters. The van der Waals surface area contributed by atoms with Gasteiger partial charge in [0.05, 0.1) is 0 Å². The third-order valence-corrected chi connectivity index (χ3v) is 2.61. The highest BCUT2D eigenvalue weighted by molar-refractivity contribution is 5.05. The van der Waals surface area contributed by atoms with Gasteiger partial charge in [0.1, 0.15) is 12.4 Å². The molecule has 1 fully saturated rings. The van der Waals surface area contributed by atoms with Crippen molar-refractivity contribution >= 4 is 0 Å². The first-order valence-corrected chi connectivity index (χ1v) is 5.04. The van der Waals surface area contributed by atoms with Crippen molar-refractivity contribution in [3.05, 3.63) is 44.6 Å². The van der Waals surface area contributed by atoms with Gasteiger partial charge in [0, 0.05) is 18.2 Å². The number of aliphatic hydroxyl groups excluding tert-OH is 2. The number of hydrogen-bond acceptors (Lipinski definition) is 5. The van der Waals surface area contributed by atoms with Gasteiger partial charge >= 0.3 is 5.69 Å². The molecule has 92 valence electrons. The fourth-order valence-corrected chi connectivity index (χ4v) is 1.68. The maximum Gasteiger partial charge on any atom is 0.331 e. The van der Waals surface area contributed by atoms with E-state index in [0.29, 0.717) is 11.8 Å². The van der Waals surface area contributed by atoms with Gasteiger partial charge in [-0.2, -0.15) is 0 Å².